The molecule has 1 atom stereocenters. The molecule has 0 amide bonds. The van der Waals surface area contributed by atoms with E-state index in [0.29, 0.717) is 6.04 Å². The Morgan fingerprint density at radius 1 is 1.37 bits per heavy atom. The zero-order chi connectivity index (χ0) is 13.8. The highest BCUT2D eigenvalue weighted by molar-refractivity contribution is 5.61. The number of ether oxygens (including phenoxy) is 1. The molecular formula is C15H25N3O. The number of aryl methyl sites for hydroxylation is 1. The second-order valence-electron chi connectivity index (χ2n) is 5.36. The average molecular weight is 263 g/mol. The summed E-state index contributed by atoms with van der Waals surface area (Å²) in [6, 6.07) is 6.84. The van der Waals surface area contributed by atoms with Gasteiger partial charge in [0.25, 0.3) is 0 Å². The van der Waals surface area contributed by atoms with Gasteiger partial charge in [-0.3, -0.25) is 0 Å². The molecule has 2 N–H and O–H groups in total. The van der Waals surface area contributed by atoms with Crippen LogP contribution in [0.1, 0.15) is 12.0 Å². The van der Waals surface area contributed by atoms with Crippen LogP contribution in [0.25, 0.3) is 0 Å². The van der Waals surface area contributed by atoms with Gasteiger partial charge in [-0.05, 0) is 44.6 Å². The molecule has 1 unspecified atom stereocenters. The van der Waals surface area contributed by atoms with Crippen molar-refractivity contribution in [2.24, 2.45) is 5.73 Å². The first-order valence-corrected chi connectivity index (χ1v) is 6.95. The predicted octanol–water partition coefficient (Wildman–Crippen LogP) is 1.47. The van der Waals surface area contributed by atoms with Crippen LogP contribution in [0.4, 0.5) is 5.69 Å². The summed E-state index contributed by atoms with van der Waals surface area (Å²) in [5.41, 5.74) is 8.24. The van der Waals surface area contributed by atoms with E-state index < -0.39 is 0 Å². The lowest BCUT2D eigenvalue weighted by atomic mass is 10.1. The number of rotatable bonds is 4. The van der Waals surface area contributed by atoms with Crippen LogP contribution in [0.2, 0.25) is 0 Å². The van der Waals surface area contributed by atoms with E-state index in [2.05, 4.69) is 42.0 Å². The quantitative estimate of drug-likeness (QED) is 0.893. The fourth-order valence-corrected chi connectivity index (χ4v) is 2.79. The van der Waals surface area contributed by atoms with E-state index in [1.807, 2.05) is 0 Å². The van der Waals surface area contributed by atoms with E-state index in [1.165, 1.54) is 11.3 Å². The molecule has 0 spiro atoms. The third kappa shape index (κ3) is 3.19. The number of anilines is 1. The molecule has 4 heteroatoms. The van der Waals surface area contributed by atoms with E-state index >= 15 is 0 Å². The molecule has 0 aromatic heterocycles. The van der Waals surface area contributed by atoms with Crippen LogP contribution >= 0.6 is 0 Å². The summed E-state index contributed by atoms with van der Waals surface area (Å²) in [4.78, 5) is 4.83. The molecule has 106 valence electrons. The number of hydrogen-bond acceptors (Lipinski definition) is 4. The number of benzene rings is 1. The van der Waals surface area contributed by atoms with Gasteiger partial charge < -0.3 is 20.3 Å². The van der Waals surface area contributed by atoms with Gasteiger partial charge in [-0.25, -0.2) is 0 Å². The van der Waals surface area contributed by atoms with E-state index in [4.69, 9.17) is 10.5 Å². The molecule has 1 fully saturated rings. The first kappa shape index (κ1) is 14.2. The summed E-state index contributed by atoms with van der Waals surface area (Å²) in [6.45, 7) is 6.02. The molecule has 1 aliphatic heterocycles. The van der Waals surface area contributed by atoms with Crippen LogP contribution in [0.3, 0.4) is 0 Å². The van der Waals surface area contributed by atoms with Crippen LogP contribution in [-0.4, -0.2) is 51.3 Å². The topological polar surface area (TPSA) is 41.7 Å². The molecule has 19 heavy (non-hydrogen) atoms. The van der Waals surface area contributed by atoms with Crippen molar-refractivity contribution in [2.75, 3.05) is 45.2 Å². The third-order valence-electron chi connectivity index (χ3n) is 3.83. The number of piperazine rings is 1. The van der Waals surface area contributed by atoms with Crippen LogP contribution in [0, 0.1) is 6.92 Å². The molecule has 2 rings (SSSR count). The fraction of sp³-hybridized carbons (Fsp3) is 0.600. The summed E-state index contributed by atoms with van der Waals surface area (Å²) < 4.78 is 5.52. The summed E-state index contributed by atoms with van der Waals surface area (Å²) in [5, 5.41) is 0. The monoisotopic (exact) mass is 263 g/mol. The van der Waals surface area contributed by atoms with Crippen LogP contribution in [0.15, 0.2) is 18.2 Å². The van der Waals surface area contributed by atoms with Crippen molar-refractivity contribution in [1.29, 1.82) is 0 Å². The summed E-state index contributed by atoms with van der Waals surface area (Å²) >= 11 is 0. The molecular weight excluding hydrogens is 238 g/mol. The standard InChI is InChI=1S/C15H25N3O/c1-12-4-5-15(19-3)14(10-12)18-9-8-17(2)11-13(18)6-7-16/h4-5,10,13H,6-9,11,16H2,1-3H3. The van der Waals surface area contributed by atoms with Crippen LogP contribution < -0.4 is 15.4 Å². The van der Waals surface area contributed by atoms with Crippen molar-refractivity contribution in [3.8, 4) is 5.75 Å². The highest BCUT2D eigenvalue weighted by Crippen LogP contribution is 2.32. The number of likely N-dealkylation sites (N-methyl/N-ethyl adjacent to an activating group) is 1. The zero-order valence-corrected chi connectivity index (χ0v) is 12.2. The zero-order valence-electron chi connectivity index (χ0n) is 12.2. The van der Waals surface area contributed by atoms with Crippen LogP contribution in [-0.2, 0) is 0 Å². The Balaban J connectivity index is 2.29. The van der Waals surface area contributed by atoms with E-state index in [1.54, 1.807) is 7.11 Å². The first-order valence-electron chi connectivity index (χ1n) is 6.95. The highest BCUT2D eigenvalue weighted by atomic mass is 16.5. The van der Waals surface area contributed by atoms with Crippen molar-refractivity contribution >= 4 is 5.69 Å². The number of methoxy groups -OCH3 is 1. The van der Waals surface area contributed by atoms with Gasteiger partial charge in [0.05, 0.1) is 12.8 Å². The van der Waals surface area contributed by atoms with Gasteiger partial charge in [0.2, 0.25) is 0 Å². The Kier molecular flexibility index (Phi) is 4.66. The van der Waals surface area contributed by atoms with Gasteiger partial charge in [-0.1, -0.05) is 6.07 Å². The predicted molar refractivity (Wildman–Crippen MR) is 80.0 cm³/mol. The summed E-state index contributed by atoms with van der Waals surface area (Å²) in [7, 11) is 3.91. The molecule has 4 nitrogen and oxygen atoms in total. The van der Waals surface area contributed by atoms with E-state index in [9.17, 15) is 0 Å². The van der Waals surface area contributed by atoms with Gasteiger partial charge in [-0.15, -0.1) is 0 Å². The van der Waals surface area contributed by atoms with Crippen molar-refractivity contribution in [3.63, 3.8) is 0 Å². The van der Waals surface area contributed by atoms with Crippen LogP contribution in [0.5, 0.6) is 5.75 Å². The fourth-order valence-electron chi connectivity index (χ4n) is 2.79. The molecule has 0 bridgehead atoms. The summed E-state index contributed by atoms with van der Waals surface area (Å²) in [6.07, 6.45) is 1.02. The second-order valence-corrected chi connectivity index (χ2v) is 5.36. The lowest BCUT2D eigenvalue weighted by Crippen LogP contribution is -2.52. The maximum absolute atomic E-state index is 5.77. The minimum Gasteiger partial charge on any atom is -0.495 e. The normalized spacial score (nSPS) is 20.6. The molecule has 1 saturated heterocycles. The van der Waals surface area contributed by atoms with Gasteiger partial charge in [0.1, 0.15) is 5.75 Å². The number of hydrogen-bond donors (Lipinski definition) is 1. The second kappa shape index (κ2) is 6.26. The Bertz CT molecular complexity index is 422. The largest absolute Gasteiger partial charge is 0.495 e. The minimum atomic E-state index is 0.472. The molecule has 1 heterocycles. The Morgan fingerprint density at radius 3 is 2.84 bits per heavy atom. The van der Waals surface area contributed by atoms with Gasteiger partial charge >= 0.3 is 0 Å². The van der Waals surface area contributed by atoms with Crippen molar-refractivity contribution < 1.29 is 4.74 Å². The van der Waals surface area contributed by atoms with Crippen molar-refractivity contribution in [3.05, 3.63) is 23.8 Å². The lowest BCUT2D eigenvalue weighted by Gasteiger charge is -2.42. The Morgan fingerprint density at radius 2 is 2.16 bits per heavy atom. The molecule has 1 aromatic rings. The summed E-state index contributed by atoms with van der Waals surface area (Å²) in [5.74, 6) is 0.956. The molecule has 1 aromatic carbocycles. The van der Waals surface area contributed by atoms with Gasteiger partial charge in [-0.2, -0.15) is 0 Å². The molecule has 0 aliphatic carbocycles. The Hall–Kier alpha value is -1.26. The SMILES string of the molecule is COc1ccc(C)cc1N1CCN(C)CC1CCN. The molecule has 0 radical (unpaired) electrons. The Labute approximate surface area is 116 Å². The first-order chi connectivity index (χ1) is 9.15. The average Bonchev–Trinajstić information content (AvgIpc) is 2.39. The highest BCUT2D eigenvalue weighted by Gasteiger charge is 2.26. The molecule has 1 aliphatic rings. The van der Waals surface area contributed by atoms with E-state index in [0.717, 1.165) is 38.3 Å². The third-order valence-corrected chi connectivity index (χ3v) is 3.83. The molecule has 0 saturated carbocycles. The lowest BCUT2D eigenvalue weighted by molar-refractivity contribution is 0.260. The number of nitrogens with two attached hydrogens (primary N) is 1. The van der Waals surface area contributed by atoms with Crippen molar-refractivity contribution in [1.82, 2.24) is 4.90 Å². The smallest absolute Gasteiger partial charge is 0.142 e. The van der Waals surface area contributed by atoms with E-state index in [-0.39, 0.29) is 0 Å². The van der Waals surface area contributed by atoms with Gasteiger partial charge in [0.15, 0.2) is 0 Å². The minimum absolute atomic E-state index is 0.472. The maximum Gasteiger partial charge on any atom is 0.142 e. The number of nitrogens with zero attached hydrogens (tertiary/aromatic N) is 2. The van der Waals surface area contributed by atoms with Crippen molar-refractivity contribution in [2.45, 2.75) is 19.4 Å². The maximum atomic E-state index is 5.77. The van der Waals surface area contributed by atoms with Gasteiger partial charge in [0, 0.05) is 25.7 Å².